The lowest BCUT2D eigenvalue weighted by molar-refractivity contribution is 0.688. The Morgan fingerprint density at radius 3 is 2.23 bits per heavy atom. The van der Waals surface area contributed by atoms with Gasteiger partial charge in [0.25, 0.3) is 0 Å². The van der Waals surface area contributed by atoms with Gasteiger partial charge in [-0.15, -0.1) is 0 Å². The topological polar surface area (TPSA) is 38.7 Å². The van der Waals surface area contributed by atoms with E-state index in [2.05, 4.69) is 90.0 Å². The SMILES string of the molecule is Cc1cc(CC(C)c2cccnc2C(C)C)cnc1C(C)Cc1cccc(C(C)C)n1. The van der Waals surface area contributed by atoms with Gasteiger partial charge in [-0.25, -0.2) is 0 Å². The molecule has 0 saturated carbocycles. The molecule has 3 heteroatoms. The zero-order valence-electron chi connectivity index (χ0n) is 20.2. The van der Waals surface area contributed by atoms with Crippen LogP contribution in [0.15, 0.2) is 48.8 Å². The Balaban J connectivity index is 1.73. The van der Waals surface area contributed by atoms with Gasteiger partial charge in [-0.2, -0.15) is 0 Å². The van der Waals surface area contributed by atoms with Crippen LogP contribution in [0.3, 0.4) is 0 Å². The first-order chi connectivity index (χ1) is 14.8. The summed E-state index contributed by atoms with van der Waals surface area (Å²) in [6.07, 6.45) is 5.86. The lowest BCUT2D eigenvalue weighted by atomic mass is 9.89. The Labute approximate surface area is 188 Å². The number of hydrogen-bond donors (Lipinski definition) is 0. The minimum absolute atomic E-state index is 0.340. The average molecular weight is 416 g/mol. The normalized spacial score (nSPS) is 13.6. The second-order valence-corrected chi connectivity index (χ2v) is 9.60. The minimum atomic E-state index is 0.340. The summed E-state index contributed by atoms with van der Waals surface area (Å²) in [6, 6.07) is 13.0. The van der Waals surface area contributed by atoms with E-state index in [-0.39, 0.29) is 0 Å². The van der Waals surface area contributed by atoms with Crippen molar-refractivity contribution in [3.63, 3.8) is 0 Å². The molecular weight excluding hydrogens is 378 g/mol. The molecule has 0 bridgehead atoms. The highest BCUT2D eigenvalue weighted by molar-refractivity contribution is 5.31. The molecule has 0 aromatic carbocycles. The predicted molar refractivity (Wildman–Crippen MR) is 130 cm³/mol. The summed E-state index contributed by atoms with van der Waals surface area (Å²) < 4.78 is 0. The van der Waals surface area contributed by atoms with Gasteiger partial charge in [0.2, 0.25) is 0 Å². The van der Waals surface area contributed by atoms with Crippen molar-refractivity contribution in [3.05, 3.63) is 88.3 Å². The number of nitrogens with zero attached hydrogens (tertiary/aromatic N) is 3. The van der Waals surface area contributed by atoms with Crippen molar-refractivity contribution in [1.82, 2.24) is 15.0 Å². The maximum absolute atomic E-state index is 4.89. The Bertz CT molecular complexity index is 1010. The fourth-order valence-corrected chi connectivity index (χ4v) is 4.41. The molecule has 0 aliphatic heterocycles. The van der Waals surface area contributed by atoms with Crippen LogP contribution in [-0.4, -0.2) is 15.0 Å². The molecule has 31 heavy (non-hydrogen) atoms. The molecule has 3 nitrogen and oxygen atoms in total. The smallest absolute Gasteiger partial charge is 0.0464 e. The maximum atomic E-state index is 4.89. The van der Waals surface area contributed by atoms with Crippen molar-refractivity contribution in [3.8, 4) is 0 Å². The molecule has 0 saturated heterocycles. The fourth-order valence-electron chi connectivity index (χ4n) is 4.41. The third-order valence-electron chi connectivity index (χ3n) is 6.07. The van der Waals surface area contributed by atoms with Gasteiger partial charge >= 0.3 is 0 Å². The molecule has 0 radical (unpaired) electrons. The van der Waals surface area contributed by atoms with E-state index in [0.717, 1.165) is 24.2 Å². The Kier molecular flexibility index (Phi) is 7.59. The van der Waals surface area contributed by atoms with Gasteiger partial charge in [-0.1, -0.05) is 59.7 Å². The molecule has 3 aromatic rings. The third kappa shape index (κ3) is 5.78. The first-order valence-electron chi connectivity index (χ1n) is 11.6. The van der Waals surface area contributed by atoms with Crippen LogP contribution in [-0.2, 0) is 12.8 Å². The van der Waals surface area contributed by atoms with Crippen molar-refractivity contribution >= 4 is 0 Å². The molecule has 0 aliphatic carbocycles. The Morgan fingerprint density at radius 2 is 1.55 bits per heavy atom. The summed E-state index contributed by atoms with van der Waals surface area (Å²) in [5, 5.41) is 0. The second kappa shape index (κ2) is 10.2. The maximum Gasteiger partial charge on any atom is 0.0464 e. The summed E-state index contributed by atoms with van der Waals surface area (Å²) in [7, 11) is 0. The fraction of sp³-hybridized carbons (Fsp3) is 0.464. The monoisotopic (exact) mass is 415 g/mol. The number of rotatable bonds is 8. The summed E-state index contributed by atoms with van der Waals surface area (Å²) in [6.45, 7) is 15.5. The number of aryl methyl sites for hydroxylation is 1. The Morgan fingerprint density at radius 1 is 0.774 bits per heavy atom. The van der Waals surface area contributed by atoms with Gasteiger partial charge < -0.3 is 0 Å². The van der Waals surface area contributed by atoms with E-state index in [1.165, 1.54) is 28.1 Å². The van der Waals surface area contributed by atoms with Gasteiger partial charge in [-0.05, 0) is 72.4 Å². The van der Waals surface area contributed by atoms with Gasteiger partial charge in [0.05, 0.1) is 0 Å². The lowest BCUT2D eigenvalue weighted by Crippen LogP contribution is -2.09. The number of hydrogen-bond acceptors (Lipinski definition) is 3. The van der Waals surface area contributed by atoms with E-state index in [1.807, 2.05) is 12.3 Å². The lowest BCUT2D eigenvalue weighted by Gasteiger charge is -2.19. The molecule has 0 N–H and O–H groups in total. The van der Waals surface area contributed by atoms with Gasteiger partial charge in [0.1, 0.15) is 0 Å². The molecule has 0 amide bonds. The van der Waals surface area contributed by atoms with Crippen LogP contribution < -0.4 is 0 Å². The largest absolute Gasteiger partial charge is 0.261 e. The summed E-state index contributed by atoms with van der Waals surface area (Å²) in [5.74, 6) is 1.64. The number of pyridine rings is 3. The van der Waals surface area contributed by atoms with Gasteiger partial charge in [0, 0.05) is 41.1 Å². The molecule has 0 spiro atoms. The Hall–Kier alpha value is -2.55. The van der Waals surface area contributed by atoms with Crippen LogP contribution >= 0.6 is 0 Å². The van der Waals surface area contributed by atoms with E-state index in [9.17, 15) is 0 Å². The van der Waals surface area contributed by atoms with Gasteiger partial charge in [0.15, 0.2) is 0 Å². The summed E-state index contributed by atoms with van der Waals surface area (Å²) in [4.78, 5) is 14.4. The third-order valence-corrected chi connectivity index (χ3v) is 6.07. The molecule has 2 unspecified atom stereocenters. The highest BCUT2D eigenvalue weighted by Gasteiger charge is 2.17. The van der Waals surface area contributed by atoms with E-state index in [1.54, 1.807) is 0 Å². The molecule has 164 valence electrons. The average Bonchev–Trinajstić information content (AvgIpc) is 2.73. The predicted octanol–water partition coefficient (Wildman–Crippen LogP) is 7.12. The van der Waals surface area contributed by atoms with Crippen molar-refractivity contribution in [2.24, 2.45) is 0 Å². The van der Waals surface area contributed by atoms with Crippen LogP contribution in [0.2, 0.25) is 0 Å². The first-order valence-corrected chi connectivity index (χ1v) is 11.6. The van der Waals surface area contributed by atoms with E-state index < -0.39 is 0 Å². The second-order valence-electron chi connectivity index (χ2n) is 9.60. The van der Waals surface area contributed by atoms with Crippen LogP contribution in [0, 0.1) is 6.92 Å². The zero-order valence-corrected chi connectivity index (χ0v) is 20.2. The highest BCUT2D eigenvalue weighted by atomic mass is 14.7. The highest BCUT2D eigenvalue weighted by Crippen LogP contribution is 2.28. The summed E-state index contributed by atoms with van der Waals surface area (Å²) >= 11 is 0. The molecule has 3 heterocycles. The first kappa shape index (κ1) is 23.1. The van der Waals surface area contributed by atoms with Crippen LogP contribution in [0.4, 0.5) is 0 Å². The molecule has 3 rings (SSSR count). The molecule has 0 aliphatic rings. The van der Waals surface area contributed by atoms with Crippen LogP contribution in [0.5, 0.6) is 0 Å². The minimum Gasteiger partial charge on any atom is -0.261 e. The van der Waals surface area contributed by atoms with E-state index in [4.69, 9.17) is 9.97 Å². The number of aromatic nitrogens is 3. The molecule has 0 fully saturated rings. The van der Waals surface area contributed by atoms with E-state index >= 15 is 0 Å². The van der Waals surface area contributed by atoms with Crippen molar-refractivity contribution in [2.75, 3.05) is 0 Å². The van der Waals surface area contributed by atoms with Crippen molar-refractivity contribution in [1.29, 1.82) is 0 Å². The molecular formula is C28H37N3. The van der Waals surface area contributed by atoms with E-state index in [0.29, 0.717) is 23.7 Å². The standard InChI is InChI=1S/C28H37N3/c1-18(2)26-12-8-10-24(31-26)16-22(7)28-21(6)15-23(17-30-28)14-20(5)25-11-9-13-29-27(25)19(3)4/h8-13,15,17-20,22H,14,16H2,1-7H3. The van der Waals surface area contributed by atoms with Crippen molar-refractivity contribution < 1.29 is 0 Å². The van der Waals surface area contributed by atoms with Gasteiger partial charge in [-0.3, -0.25) is 15.0 Å². The molecule has 2 atom stereocenters. The zero-order chi connectivity index (χ0) is 22.5. The van der Waals surface area contributed by atoms with Crippen LogP contribution in [0.25, 0.3) is 0 Å². The quantitative estimate of drug-likeness (QED) is 0.393. The molecule has 3 aromatic heterocycles. The van der Waals surface area contributed by atoms with Crippen LogP contribution in [0.1, 0.15) is 105 Å². The van der Waals surface area contributed by atoms with Crippen molar-refractivity contribution in [2.45, 2.75) is 85.0 Å². The summed E-state index contributed by atoms with van der Waals surface area (Å²) in [5.41, 5.74) is 8.61.